The SMILES string of the molecule is Br.CCCCCCCC[P+](c1ccccc1)(c1ccccc1)c1ccccc1.P.[Br-]. The first-order valence-electron chi connectivity index (χ1n) is 10.4. The molecule has 30 heavy (non-hydrogen) atoms. The Morgan fingerprint density at radius 2 is 0.867 bits per heavy atom. The number of unbranched alkanes of at least 4 members (excludes halogenated alkanes) is 5. The molecule has 0 radical (unpaired) electrons. The van der Waals surface area contributed by atoms with Crippen LogP contribution in [0.3, 0.4) is 0 Å². The van der Waals surface area contributed by atoms with Crippen LogP contribution < -0.4 is 32.9 Å². The van der Waals surface area contributed by atoms with E-state index < -0.39 is 7.26 Å². The summed E-state index contributed by atoms with van der Waals surface area (Å²) in [6.07, 6.45) is 9.34. The first-order valence-corrected chi connectivity index (χ1v) is 12.4. The van der Waals surface area contributed by atoms with Crippen LogP contribution in [0.1, 0.15) is 45.4 Å². The summed E-state index contributed by atoms with van der Waals surface area (Å²) in [6, 6.07) is 33.8. The predicted molar refractivity (Wildman–Crippen MR) is 145 cm³/mol. The van der Waals surface area contributed by atoms with Crippen molar-refractivity contribution in [2.24, 2.45) is 0 Å². The molecular weight excluding hydrogens is 534 g/mol. The lowest BCUT2D eigenvalue weighted by Crippen LogP contribution is -3.00. The van der Waals surface area contributed by atoms with Gasteiger partial charge in [-0.15, -0.1) is 17.0 Å². The molecule has 0 aliphatic heterocycles. The highest BCUT2D eigenvalue weighted by atomic mass is 79.9. The third-order valence-electron chi connectivity index (χ3n) is 5.44. The molecule has 164 valence electrons. The van der Waals surface area contributed by atoms with Crippen LogP contribution in [-0.4, -0.2) is 6.16 Å². The van der Waals surface area contributed by atoms with Gasteiger partial charge in [-0.2, -0.15) is 9.90 Å². The summed E-state index contributed by atoms with van der Waals surface area (Å²) >= 11 is 0. The first kappa shape index (κ1) is 29.5. The van der Waals surface area contributed by atoms with Gasteiger partial charge in [0.1, 0.15) is 23.2 Å². The molecule has 0 nitrogen and oxygen atoms in total. The Hall–Kier alpha value is -0.520. The minimum Gasteiger partial charge on any atom is -1.00 e. The van der Waals surface area contributed by atoms with Crippen LogP contribution >= 0.6 is 34.1 Å². The number of rotatable bonds is 10. The molecule has 0 spiro atoms. The van der Waals surface area contributed by atoms with Gasteiger partial charge in [-0.3, -0.25) is 0 Å². The molecular formula is C26H36Br2P2. The maximum Gasteiger partial charge on any atom is 0.112 e. The summed E-state index contributed by atoms with van der Waals surface area (Å²) in [5.74, 6) is 0. The summed E-state index contributed by atoms with van der Waals surface area (Å²) in [5.41, 5.74) is 0. The Labute approximate surface area is 208 Å². The van der Waals surface area contributed by atoms with Gasteiger partial charge in [0.25, 0.3) is 0 Å². The molecule has 0 N–H and O–H groups in total. The summed E-state index contributed by atoms with van der Waals surface area (Å²) < 4.78 is 0. The topological polar surface area (TPSA) is 0 Å². The largest absolute Gasteiger partial charge is 1.00 e. The highest BCUT2D eigenvalue weighted by Gasteiger charge is 2.44. The van der Waals surface area contributed by atoms with E-state index in [2.05, 4.69) is 97.9 Å². The average Bonchev–Trinajstić information content (AvgIpc) is 2.75. The van der Waals surface area contributed by atoms with Crippen molar-refractivity contribution in [3.8, 4) is 0 Å². The number of halogens is 2. The highest BCUT2D eigenvalue weighted by molar-refractivity contribution is 8.93. The molecule has 0 aliphatic carbocycles. The Morgan fingerprint density at radius 3 is 1.23 bits per heavy atom. The molecule has 0 bridgehead atoms. The molecule has 3 aromatic carbocycles. The van der Waals surface area contributed by atoms with E-state index >= 15 is 0 Å². The zero-order valence-corrected chi connectivity index (χ0v) is 23.7. The van der Waals surface area contributed by atoms with Gasteiger partial charge in [0, 0.05) is 0 Å². The van der Waals surface area contributed by atoms with Crippen LogP contribution in [-0.2, 0) is 0 Å². The van der Waals surface area contributed by atoms with E-state index in [0.29, 0.717) is 0 Å². The second-order valence-corrected chi connectivity index (χ2v) is 10.9. The quantitative estimate of drug-likeness (QED) is 0.256. The van der Waals surface area contributed by atoms with E-state index in [1.54, 1.807) is 0 Å². The van der Waals surface area contributed by atoms with Gasteiger partial charge in [-0.05, 0) is 49.2 Å². The minimum absolute atomic E-state index is 0. The first-order chi connectivity index (χ1) is 13.4. The van der Waals surface area contributed by atoms with E-state index in [9.17, 15) is 0 Å². The van der Waals surface area contributed by atoms with Gasteiger partial charge in [0.2, 0.25) is 0 Å². The normalized spacial score (nSPS) is 10.3. The Bertz CT molecular complexity index is 683. The van der Waals surface area contributed by atoms with Crippen molar-refractivity contribution in [3.05, 3.63) is 91.0 Å². The van der Waals surface area contributed by atoms with Crippen molar-refractivity contribution in [3.63, 3.8) is 0 Å². The second kappa shape index (κ2) is 16.2. The van der Waals surface area contributed by atoms with E-state index in [0.717, 1.165) is 0 Å². The lowest BCUT2D eigenvalue weighted by molar-refractivity contribution is -0.00000568. The predicted octanol–water partition coefficient (Wildman–Crippen LogP) is 3.98. The fourth-order valence-electron chi connectivity index (χ4n) is 4.01. The van der Waals surface area contributed by atoms with Gasteiger partial charge in [-0.1, -0.05) is 87.2 Å². The molecule has 4 heteroatoms. The van der Waals surface area contributed by atoms with E-state index in [-0.39, 0.29) is 43.9 Å². The minimum atomic E-state index is -1.61. The molecule has 0 fully saturated rings. The van der Waals surface area contributed by atoms with Crippen molar-refractivity contribution >= 4 is 50.1 Å². The molecule has 0 saturated heterocycles. The number of benzene rings is 3. The lowest BCUT2D eigenvalue weighted by atomic mass is 10.1. The van der Waals surface area contributed by atoms with Crippen LogP contribution in [0.4, 0.5) is 0 Å². The highest BCUT2D eigenvalue weighted by Crippen LogP contribution is 2.55. The number of hydrogen-bond donors (Lipinski definition) is 0. The van der Waals surface area contributed by atoms with Gasteiger partial charge in [-0.25, -0.2) is 0 Å². The van der Waals surface area contributed by atoms with Gasteiger partial charge in [0.05, 0.1) is 6.16 Å². The van der Waals surface area contributed by atoms with Gasteiger partial charge < -0.3 is 17.0 Å². The standard InChI is InChI=1S/C26H32P.2BrH.H3P/c1-2-3-4-5-6-16-23-27(24-17-10-7-11-18-24,25-19-12-8-13-20-25)26-21-14-9-15-22-26;;;/h7-15,17-22H,2-6,16,23H2,1H3;2*1H;1H3/q+1;;;/p-1. The maximum absolute atomic E-state index is 2.35. The fraction of sp³-hybridized carbons (Fsp3) is 0.308. The monoisotopic (exact) mass is 568 g/mol. The van der Waals surface area contributed by atoms with Gasteiger partial charge >= 0.3 is 0 Å². The third-order valence-corrected chi connectivity index (χ3v) is 9.96. The zero-order chi connectivity index (χ0) is 18.8. The summed E-state index contributed by atoms with van der Waals surface area (Å²) in [5, 5.41) is 4.53. The molecule has 3 aromatic rings. The molecule has 0 saturated carbocycles. The van der Waals surface area contributed by atoms with Crippen LogP contribution in [0.2, 0.25) is 0 Å². The van der Waals surface area contributed by atoms with E-state index in [4.69, 9.17) is 0 Å². The molecule has 0 amide bonds. The molecule has 0 aliphatic rings. The molecule has 3 rings (SSSR count). The second-order valence-electron chi connectivity index (χ2n) is 7.31. The van der Waals surface area contributed by atoms with Crippen molar-refractivity contribution in [1.82, 2.24) is 0 Å². The number of hydrogen-bond acceptors (Lipinski definition) is 0. The summed E-state index contributed by atoms with van der Waals surface area (Å²) in [7, 11) is -1.61. The summed E-state index contributed by atoms with van der Waals surface area (Å²) in [4.78, 5) is 0. The van der Waals surface area contributed by atoms with E-state index in [1.165, 1.54) is 60.6 Å². The summed E-state index contributed by atoms with van der Waals surface area (Å²) in [6.45, 7) is 2.29. The third kappa shape index (κ3) is 7.56. The Kier molecular flexibility index (Phi) is 15.9. The van der Waals surface area contributed by atoms with Crippen molar-refractivity contribution < 1.29 is 17.0 Å². The lowest BCUT2D eigenvalue weighted by Gasteiger charge is -2.27. The van der Waals surface area contributed by atoms with Crippen molar-refractivity contribution in [1.29, 1.82) is 0 Å². The van der Waals surface area contributed by atoms with Crippen molar-refractivity contribution in [2.75, 3.05) is 6.16 Å². The van der Waals surface area contributed by atoms with Crippen LogP contribution in [0.15, 0.2) is 91.0 Å². The maximum atomic E-state index is 2.35. The van der Waals surface area contributed by atoms with Crippen LogP contribution in [0, 0.1) is 0 Å². The van der Waals surface area contributed by atoms with Crippen LogP contribution in [0.25, 0.3) is 0 Å². The molecule has 0 aromatic heterocycles. The van der Waals surface area contributed by atoms with Gasteiger partial charge in [0.15, 0.2) is 0 Å². The fourth-order valence-corrected chi connectivity index (χ4v) is 8.42. The Morgan fingerprint density at radius 1 is 0.533 bits per heavy atom. The molecule has 1 unspecified atom stereocenters. The van der Waals surface area contributed by atoms with Crippen LogP contribution in [0.5, 0.6) is 0 Å². The smallest absolute Gasteiger partial charge is 0.112 e. The average molecular weight is 570 g/mol. The molecule has 1 atom stereocenters. The van der Waals surface area contributed by atoms with E-state index in [1.807, 2.05) is 0 Å². The Balaban J connectivity index is 0.00000280. The molecule has 0 heterocycles. The zero-order valence-electron chi connectivity index (χ0n) is 18.1. The van der Waals surface area contributed by atoms with Crippen molar-refractivity contribution in [2.45, 2.75) is 45.4 Å².